The molecule has 0 saturated heterocycles. The number of aromatic nitrogens is 1. The Morgan fingerprint density at radius 3 is 1.97 bits per heavy atom. The molecule has 2 aromatic carbocycles. The van der Waals surface area contributed by atoms with Crippen LogP contribution >= 0.6 is 0 Å². The van der Waals surface area contributed by atoms with Gasteiger partial charge in [0.1, 0.15) is 0 Å². The van der Waals surface area contributed by atoms with Crippen molar-refractivity contribution in [2.45, 2.75) is 32.0 Å². The molecule has 0 atom stereocenters. The third-order valence-corrected chi connectivity index (χ3v) is 5.93. The number of hydrogen-bond acceptors (Lipinski definition) is 3. The van der Waals surface area contributed by atoms with Gasteiger partial charge in [-0.3, -0.25) is 0 Å². The molecule has 7 heteroatoms. The van der Waals surface area contributed by atoms with Gasteiger partial charge in [0.15, 0.2) is 0 Å². The number of pyridine rings is 1. The van der Waals surface area contributed by atoms with E-state index in [1.807, 2.05) is 66.6 Å². The molecule has 37 heavy (non-hydrogen) atoms. The zero-order chi connectivity index (χ0) is 26.7. The van der Waals surface area contributed by atoms with E-state index in [-0.39, 0.29) is 0 Å². The first-order valence-electron chi connectivity index (χ1n) is 12.2. The van der Waals surface area contributed by atoms with E-state index >= 15 is 0 Å². The average molecular weight is 506 g/mol. The van der Waals surface area contributed by atoms with E-state index in [0.29, 0.717) is 30.9 Å². The maximum absolute atomic E-state index is 13.5. The van der Waals surface area contributed by atoms with Crippen molar-refractivity contribution in [2.75, 3.05) is 25.0 Å². The number of anilines is 1. The Kier molecular flexibility index (Phi) is 10.0. The van der Waals surface area contributed by atoms with Crippen LogP contribution in [0.2, 0.25) is 0 Å². The molecule has 4 nitrogen and oxygen atoms in total. The molecule has 0 aliphatic heterocycles. The average Bonchev–Trinajstić information content (AvgIpc) is 2.89. The highest BCUT2D eigenvalue weighted by Gasteiger charge is 2.35. The summed E-state index contributed by atoms with van der Waals surface area (Å²) in [5.74, 6) is 0. The zero-order valence-corrected chi connectivity index (χ0v) is 21.0. The lowest BCUT2D eigenvalue weighted by Gasteiger charge is -2.17. The Morgan fingerprint density at radius 1 is 0.892 bits per heavy atom. The van der Waals surface area contributed by atoms with Gasteiger partial charge in [-0.05, 0) is 66.4 Å². The lowest BCUT2D eigenvalue weighted by atomic mass is 10.1. The first-order valence-corrected chi connectivity index (χ1v) is 12.2. The molecule has 0 spiro atoms. The van der Waals surface area contributed by atoms with Crippen LogP contribution in [0.5, 0.6) is 0 Å². The molecule has 0 fully saturated rings. The van der Waals surface area contributed by atoms with Gasteiger partial charge in [-0.25, -0.2) is 0 Å². The second kappa shape index (κ2) is 13.4. The van der Waals surface area contributed by atoms with Crippen LogP contribution in [0.25, 0.3) is 24.3 Å². The normalized spacial score (nSPS) is 11.8. The first kappa shape index (κ1) is 27.7. The number of alkyl halides is 3. The summed E-state index contributed by atoms with van der Waals surface area (Å²) >= 11 is 0. The van der Waals surface area contributed by atoms with Crippen molar-refractivity contribution in [3.8, 4) is 6.07 Å². The van der Waals surface area contributed by atoms with Crippen molar-refractivity contribution in [3.05, 3.63) is 94.8 Å². The number of rotatable bonds is 11. The minimum absolute atomic E-state index is 0.433. The topological polar surface area (TPSA) is 56.9 Å². The first-order chi connectivity index (χ1) is 17.8. The largest absolute Gasteiger partial charge is 0.448 e. The third kappa shape index (κ3) is 8.93. The maximum Gasteiger partial charge on any atom is 0.448 e. The van der Waals surface area contributed by atoms with Crippen molar-refractivity contribution in [3.63, 3.8) is 0 Å². The highest BCUT2D eigenvalue weighted by atomic mass is 19.4. The predicted molar refractivity (Wildman–Crippen MR) is 144 cm³/mol. The van der Waals surface area contributed by atoms with E-state index < -0.39 is 12.7 Å². The van der Waals surface area contributed by atoms with Crippen LogP contribution in [-0.2, 0) is 13.0 Å². The van der Waals surface area contributed by atoms with Crippen LogP contribution in [0.4, 0.5) is 18.9 Å². The molecular formula is C30H32F3N4+. The fourth-order valence-corrected chi connectivity index (χ4v) is 3.88. The highest BCUT2D eigenvalue weighted by molar-refractivity contribution is 5.70. The van der Waals surface area contributed by atoms with Crippen LogP contribution in [0.15, 0.2) is 66.7 Å². The maximum atomic E-state index is 13.5. The van der Waals surface area contributed by atoms with Gasteiger partial charge in [0.25, 0.3) is 0 Å². The van der Waals surface area contributed by atoms with Crippen molar-refractivity contribution in [1.82, 2.24) is 0 Å². The lowest BCUT2D eigenvalue weighted by molar-refractivity contribution is -0.722. The minimum atomic E-state index is -4.36. The molecule has 0 aliphatic rings. The predicted octanol–water partition coefficient (Wildman–Crippen LogP) is 6.12. The number of benzene rings is 2. The van der Waals surface area contributed by atoms with Gasteiger partial charge < -0.3 is 10.6 Å². The Morgan fingerprint density at radius 2 is 1.46 bits per heavy atom. The Bertz CT molecular complexity index is 1240. The molecule has 0 radical (unpaired) electrons. The van der Waals surface area contributed by atoms with Crippen molar-refractivity contribution >= 4 is 30.0 Å². The molecule has 1 aromatic heterocycles. The molecule has 2 N–H and O–H groups in total. The van der Waals surface area contributed by atoms with E-state index in [1.165, 1.54) is 10.1 Å². The standard InChI is InChI=1S/C30H32F3N4/c1-36(22-4-21-35)27-16-12-26(13-17-27)15-19-29-7-2-6-28(37(29)23-30(31,32)33)18-14-25-10-8-24(9-11-25)5-3-20-34/h2,6-19H,3-5,20,22-23,34H2,1H3/q+1/b18-14+. The number of nitrogens with two attached hydrogens (primary N) is 1. The van der Waals surface area contributed by atoms with Gasteiger partial charge in [0.05, 0.1) is 12.5 Å². The van der Waals surface area contributed by atoms with E-state index in [4.69, 9.17) is 11.0 Å². The van der Waals surface area contributed by atoms with Crippen LogP contribution in [-0.4, -0.2) is 26.3 Å². The summed E-state index contributed by atoms with van der Waals surface area (Å²) in [5.41, 5.74) is 10.4. The molecule has 0 unspecified atom stereocenters. The summed E-state index contributed by atoms with van der Waals surface area (Å²) < 4.78 is 41.7. The quantitative estimate of drug-likeness (QED) is 0.320. The molecule has 3 rings (SSSR count). The second-order valence-electron chi connectivity index (χ2n) is 8.80. The molecule has 0 aliphatic carbocycles. The van der Waals surface area contributed by atoms with Gasteiger partial charge in [-0.1, -0.05) is 36.4 Å². The monoisotopic (exact) mass is 505 g/mol. The molecule has 192 valence electrons. The van der Waals surface area contributed by atoms with Crippen LogP contribution in [0.1, 0.15) is 40.9 Å². The van der Waals surface area contributed by atoms with Crippen molar-refractivity contribution < 1.29 is 17.7 Å². The van der Waals surface area contributed by atoms with E-state index in [0.717, 1.165) is 29.7 Å². The number of halogens is 3. The smallest absolute Gasteiger partial charge is 0.374 e. The Hall–Kier alpha value is -3.89. The number of hydrogen-bond donors (Lipinski definition) is 1. The molecule has 1 heterocycles. The minimum Gasteiger partial charge on any atom is -0.374 e. The fourth-order valence-electron chi connectivity index (χ4n) is 3.88. The lowest BCUT2D eigenvalue weighted by Crippen LogP contribution is -2.46. The Balaban J connectivity index is 1.83. The molecule has 0 bridgehead atoms. The number of nitriles is 1. The summed E-state index contributed by atoms with van der Waals surface area (Å²) in [6.45, 7) is 0.174. The van der Waals surface area contributed by atoms with Gasteiger partial charge in [0, 0.05) is 43.6 Å². The zero-order valence-electron chi connectivity index (χ0n) is 21.0. The van der Waals surface area contributed by atoms with Gasteiger partial charge in [0.2, 0.25) is 17.9 Å². The van der Waals surface area contributed by atoms with Gasteiger partial charge in [-0.15, -0.1) is 0 Å². The summed E-state index contributed by atoms with van der Waals surface area (Å²) in [6, 6.07) is 22.9. The number of nitrogens with zero attached hydrogens (tertiary/aromatic N) is 3. The van der Waals surface area contributed by atoms with Crippen LogP contribution in [0.3, 0.4) is 0 Å². The summed E-state index contributed by atoms with van der Waals surface area (Å²) in [6.07, 6.45) is 4.92. The summed E-state index contributed by atoms with van der Waals surface area (Å²) in [7, 11) is 1.91. The second-order valence-corrected chi connectivity index (χ2v) is 8.80. The molecule has 0 amide bonds. The van der Waals surface area contributed by atoms with E-state index in [9.17, 15) is 13.2 Å². The van der Waals surface area contributed by atoms with Crippen molar-refractivity contribution in [2.24, 2.45) is 5.73 Å². The van der Waals surface area contributed by atoms with Gasteiger partial charge >= 0.3 is 6.18 Å². The third-order valence-electron chi connectivity index (χ3n) is 5.93. The summed E-state index contributed by atoms with van der Waals surface area (Å²) in [5, 5.41) is 8.76. The molecule has 3 aromatic rings. The highest BCUT2D eigenvalue weighted by Crippen LogP contribution is 2.19. The van der Waals surface area contributed by atoms with Crippen LogP contribution in [0, 0.1) is 11.3 Å². The summed E-state index contributed by atoms with van der Waals surface area (Å²) in [4.78, 5) is 1.98. The fraction of sp³-hybridized carbons (Fsp3) is 0.267. The van der Waals surface area contributed by atoms with Crippen molar-refractivity contribution in [1.29, 1.82) is 5.26 Å². The molecule has 0 saturated carbocycles. The van der Waals surface area contributed by atoms with Gasteiger partial charge in [-0.2, -0.15) is 23.0 Å². The Labute approximate surface area is 216 Å². The number of aryl methyl sites for hydroxylation is 1. The van der Waals surface area contributed by atoms with Crippen LogP contribution < -0.4 is 15.2 Å². The van der Waals surface area contributed by atoms with E-state index in [2.05, 4.69) is 6.07 Å². The van der Waals surface area contributed by atoms with E-state index in [1.54, 1.807) is 36.4 Å². The molecular weight excluding hydrogens is 473 g/mol. The SMILES string of the molecule is CN(CCC#N)c1ccc(/C=C/c2cccc(/C=C/c3ccc(CCCN)cc3)[n+]2CC(F)(F)F)cc1.